The molecule has 164 valence electrons. The Labute approximate surface area is 181 Å². The second kappa shape index (κ2) is 8.99. The van der Waals surface area contributed by atoms with Gasteiger partial charge in [-0.2, -0.15) is 0 Å². The SMILES string of the molecule is CC[C@@H](NS(=O)C(C)(C)C)c1cnc(OC2CN(C(=O)OF)C2)c2cnc(Cl)cc12. The highest BCUT2D eigenvalue weighted by Crippen LogP contribution is 2.33. The van der Waals surface area contributed by atoms with Crippen LogP contribution in [0, 0.1) is 0 Å². The third-order valence-corrected chi connectivity index (χ3v) is 6.59. The predicted molar refractivity (Wildman–Crippen MR) is 112 cm³/mol. The number of ether oxygens (including phenoxy) is 1. The second-order valence-electron chi connectivity index (χ2n) is 8.02. The average Bonchev–Trinajstić information content (AvgIpc) is 2.67. The number of rotatable bonds is 6. The van der Waals surface area contributed by atoms with Gasteiger partial charge in [0.05, 0.1) is 34.2 Å². The number of aromatic nitrogens is 2. The summed E-state index contributed by atoms with van der Waals surface area (Å²) in [6.45, 7) is 8.08. The molecule has 1 aliphatic heterocycles. The van der Waals surface area contributed by atoms with Gasteiger partial charge in [0.15, 0.2) is 0 Å². The Hall–Kier alpha value is -2.04. The molecule has 1 amide bonds. The molecule has 1 saturated heterocycles. The maximum absolute atomic E-state index is 12.6. The van der Waals surface area contributed by atoms with Crippen LogP contribution in [0.2, 0.25) is 5.15 Å². The normalized spacial score (nSPS) is 16.8. The number of pyridine rings is 2. The largest absolute Gasteiger partial charge is 0.470 e. The lowest BCUT2D eigenvalue weighted by molar-refractivity contribution is -0.0976. The van der Waals surface area contributed by atoms with Gasteiger partial charge in [-0.1, -0.05) is 18.5 Å². The predicted octanol–water partition coefficient (Wildman–Crippen LogP) is 3.87. The van der Waals surface area contributed by atoms with Gasteiger partial charge in [-0.15, -0.1) is 0 Å². The van der Waals surface area contributed by atoms with Crippen LogP contribution < -0.4 is 9.46 Å². The number of carbonyl (C=O) groups excluding carboxylic acids is 1. The molecule has 0 spiro atoms. The van der Waals surface area contributed by atoms with E-state index in [9.17, 15) is 13.5 Å². The first-order valence-electron chi connectivity index (χ1n) is 9.50. The van der Waals surface area contributed by atoms with Gasteiger partial charge in [0.1, 0.15) is 11.3 Å². The molecule has 8 nitrogen and oxygen atoms in total. The Morgan fingerprint density at radius 2 is 2.07 bits per heavy atom. The number of nitrogens with one attached hydrogen (secondary N) is 1. The summed E-state index contributed by atoms with van der Waals surface area (Å²) in [6, 6.07) is 1.50. The summed E-state index contributed by atoms with van der Waals surface area (Å²) in [5, 5.41) is 1.74. The average molecular weight is 459 g/mol. The molecule has 0 aliphatic carbocycles. The summed E-state index contributed by atoms with van der Waals surface area (Å²) in [4.78, 5) is 24.1. The third-order valence-electron chi connectivity index (χ3n) is 4.77. The van der Waals surface area contributed by atoms with Crippen molar-refractivity contribution >= 4 is 39.5 Å². The highest BCUT2D eigenvalue weighted by Gasteiger charge is 2.35. The van der Waals surface area contributed by atoms with Crippen LogP contribution in [0.15, 0.2) is 18.5 Å². The lowest BCUT2D eigenvalue weighted by Gasteiger charge is -2.36. The lowest BCUT2D eigenvalue weighted by atomic mass is 10.0. The van der Waals surface area contributed by atoms with E-state index < -0.39 is 21.8 Å². The van der Waals surface area contributed by atoms with E-state index in [0.717, 1.165) is 10.9 Å². The van der Waals surface area contributed by atoms with E-state index in [1.165, 1.54) is 4.90 Å². The smallest absolute Gasteiger partial charge is 0.447 e. The minimum absolute atomic E-state index is 0.193. The summed E-state index contributed by atoms with van der Waals surface area (Å²) < 4.78 is 33.3. The van der Waals surface area contributed by atoms with Crippen molar-refractivity contribution in [2.75, 3.05) is 13.1 Å². The zero-order chi connectivity index (χ0) is 22.1. The van der Waals surface area contributed by atoms with Gasteiger partial charge in [0.2, 0.25) is 5.88 Å². The van der Waals surface area contributed by atoms with Crippen molar-refractivity contribution in [3.8, 4) is 5.88 Å². The van der Waals surface area contributed by atoms with Crippen LogP contribution >= 0.6 is 11.6 Å². The lowest BCUT2D eigenvalue weighted by Crippen LogP contribution is -2.56. The molecule has 3 rings (SSSR count). The van der Waals surface area contributed by atoms with E-state index in [-0.39, 0.29) is 25.2 Å². The topological polar surface area (TPSA) is 93.7 Å². The number of carbonyl (C=O) groups is 1. The zero-order valence-electron chi connectivity index (χ0n) is 17.1. The highest BCUT2D eigenvalue weighted by atomic mass is 35.5. The first-order valence-corrected chi connectivity index (χ1v) is 11.0. The number of nitrogens with zero attached hydrogens (tertiary/aromatic N) is 3. The number of hydrogen-bond acceptors (Lipinski definition) is 6. The van der Waals surface area contributed by atoms with Crippen molar-refractivity contribution in [1.82, 2.24) is 19.6 Å². The first-order chi connectivity index (χ1) is 14.1. The van der Waals surface area contributed by atoms with Crippen molar-refractivity contribution in [2.24, 2.45) is 0 Å². The summed E-state index contributed by atoms with van der Waals surface area (Å²) in [6.07, 6.45) is 2.54. The van der Waals surface area contributed by atoms with E-state index in [1.54, 1.807) is 18.5 Å². The van der Waals surface area contributed by atoms with Crippen molar-refractivity contribution in [3.05, 3.63) is 29.2 Å². The minimum atomic E-state index is -1.27. The Morgan fingerprint density at radius 1 is 1.37 bits per heavy atom. The maximum Gasteiger partial charge on any atom is 0.447 e. The Kier molecular flexibility index (Phi) is 6.78. The highest BCUT2D eigenvalue weighted by molar-refractivity contribution is 7.84. The fourth-order valence-corrected chi connectivity index (χ4v) is 4.08. The van der Waals surface area contributed by atoms with Crippen LogP contribution in [-0.4, -0.2) is 49.1 Å². The number of halogens is 2. The molecule has 30 heavy (non-hydrogen) atoms. The standard InChI is InChI=1S/C19H24ClFN4O4S/c1-5-15(24-30(27)19(2,3)4)13-7-23-17(14-8-22-16(20)6-12(13)14)28-11-9-25(10-11)18(26)29-21/h6-8,11,15,24H,5,9-10H2,1-4H3/t15-,30?/m1/s1. The molecular weight excluding hydrogens is 435 g/mol. The Balaban J connectivity index is 1.89. The molecular formula is C19H24ClFN4O4S. The van der Waals surface area contributed by atoms with Gasteiger partial charge in [-0.25, -0.2) is 28.6 Å². The van der Waals surface area contributed by atoms with Gasteiger partial charge >= 0.3 is 6.09 Å². The zero-order valence-corrected chi connectivity index (χ0v) is 18.7. The van der Waals surface area contributed by atoms with Crippen molar-refractivity contribution in [1.29, 1.82) is 0 Å². The summed E-state index contributed by atoms with van der Waals surface area (Å²) >= 11 is 6.14. The fraction of sp³-hybridized carbons (Fsp3) is 0.526. The first kappa shape index (κ1) is 22.6. The van der Waals surface area contributed by atoms with Crippen molar-refractivity contribution in [3.63, 3.8) is 0 Å². The Morgan fingerprint density at radius 3 is 2.67 bits per heavy atom. The molecule has 0 saturated carbocycles. The third kappa shape index (κ3) is 4.81. The number of hydrogen-bond donors (Lipinski definition) is 1. The molecule has 2 aromatic heterocycles. The number of amides is 1. The molecule has 2 aromatic rings. The van der Waals surface area contributed by atoms with Gasteiger partial charge in [-0.05, 0) is 44.2 Å². The van der Waals surface area contributed by atoms with E-state index in [0.29, 0.717) is 22.8 Å². The van der Waals surface area contributed by atoms with Crippen LogP contribution in [0.5, 0.6) is 5.88 Å². The van der Waals surface area contributed by atoms with E-state index in [2.05, 4.69) is 19.6 Å². The van der Waals surface area contributed by atoms with Gasteiger partial charge in [0, 0.05) is 23.0 Å². The molecule has 0 radical (unpaired) electrons. The van der Waals surface area contributed by atoms with E-state index in [4.69, 9.17) is 16.3 Å². The van der Waals surface area contributed by atoms with Crippen LogP contribution in [0.1, 0.15) is 45.7 Å². The van der Waals surface area contributed by atoms with Crippen LogP contribution in [0.3, 0.4) is 0 Å². The van der Waals surface area contributed by atoms with Crippen LogP contribution in [0.4, 0.5) is 9.32 Å². The van der Waals surface area contributed by atoms with E-state index >= 15 is 0 Å². The van der Waals surface area contributed by atoms with Crippen molar-refractivity contribution < 1.29 is 23.2 Å². The monoisotopic (exact) mass is 458 g/mol. The molecule has 11 heteroatoms. The summed E-state index contributed by atoms with van der Waals surface area (Å²) in [5.41, 5.74) is 0.831. The minimum Gasteiger partial charge on any atom is -0.470 e. The van der Waals surface area contributed by atoms with E-state index in [1.807, 2.05) is 27.7 Å². The van der Waals surface area contributed by atoms with Crippen molar-refractivity contribution in [2.45, 2.75) is 51.0 Å². The van der Waals surface area contributed by atoms with Crippen LogP contribution in [0.25, 0.3) is 10.8 Å². The molecule has 0 aromatic carbocycles. The molecule has 1 aliphatic rings. The number of likely N-dealkylation sites (tertiary alicyclic amines) is 1. The molecule has 0 bridgehead atoms. The summed E-state index contributed by atoms with van der Waals surface area (Å²) in [7, 11) is -1.27. The molecule has 2 atom stereocenters. The van der Waals surface area contributed by atoms with Gasteiger partial charge in [0.25, 0.3) is 0 Å². The molecule has 1 unspecified atom stereocenters. The quantitative estimate of drug-likeness (QED) is 0.660. The van der Waals surface area contributed by atoms with Gasteiger partial charge in [-0.3, -0.25) is 4.90 Å². The molecule has 1 fully saturated rings. The second-order valence-corrected chi connectivity index (χ2v) is 10.4. The van der Waals surface area contributed by atoms with Crippen LogP contribution in [-0.2, 0) is 15.9 Å². The molecule has 3 heterocycles. The maximum atomic E-state index is 12.6. The number of fused-ring (bicyclic) bond motifs is 1. The van der Waals surface area contributed by atoms with Gasteiger partial charge < -0.3 is 4.74 Å². The fourth-order valence-electron chi connectivity index (χ4n) is 3.02. The Bertz CT molecular complexity index is 965. The summed E-state index contributed by atoms with van der Waals surface area (Å²) in [5.74, 6) is 0.336. The molecule has 1 N–H and O–H groups in total.